The summed E-state index contributed by atoms with van der Waals surface area (Å²) in [6.45, 7) is 4.58. The molecular formula is C14H20N2O2. The van der Waals surface area contributed by atoms with Gasteiger partial charge in [0.2, 0.25) is 5.91 Å². The number of piperazine rings is 1. The van der Waals surface area contributed by atoms with E-state index in [9.17, 15) is 4.79 Å². The van der Waals surface area contributed by atoms with Crippen LogP contribution in [-0.2, 0) is 11.2 Å². The summed E-state index contributed by atoms with van der Waals surface area (Å²) in [6, 6.07) is 8.08. The number of carbonyl (C=O) groups is 1. The van der Waals surface area contributed by atoms with Gasteiger partial charge in [-0.1, -0.05) is 12.1 Å². The molecule has 0 unspecified atom stereocenters. The molecule has 1 aromatic rings. The Morgan fingerprint density at radius 2 is 2.39 bits per heavy atom. The lowest BCUT2D eigenvalue weighted by atomic mass is 10.1. The van der Waals surface area contributed by atoms with E-state index in [0.29, 0.717) is 12.5 Å². The van der Waals surface area contributed by atoms with E-state index in [4.69, 9.17) is 4.74 Å². The Bertz CT molecular complexity index is 420. The third-order valence-corrected chi connectivity index (χ3v) is 3.21. The number of ether oxygens (including phenoxy) is 1. The Morgan fingerprint density at radius 3 is 3.11 bits per heavy atom. The summed E-state index contributed by atoms with van der Waals surface area (Å²) < 4.78 is 5.16. The number of methoxy groups -OCH3 is 1. The molecule has 2 rings (SSSR count). The molecule has 0 aliphatic carbocycles. The summed E-state index contributed by atoms with van der Waals surface area (Å²) in [5.74, 6) is 0.991. The normalized spacial score (nSPS) is 19.7. The van der Waals surface area contributed by atoms with E-state index in [2.05, 4.69) is 12.2 Å². The van der Waals surface area contributed by atoms with Crippen molar-refractivity contribution in [3.8, 4) is 5.75 Å². The Morgan fingerprint density at radius 1 is 1.56 bits per heavy atom. The number of carbonyl (C=O) groups excluding carboxylic acids is 1. The maximum Gasteiger partial charge on any atom is 0.227 e. The van der Waals surface area contributed by atoms with Crippen molar-refractivity contribution < 1.29 is 9.53 Å². The van der Waals surface area contributed by atoms with Gasteiger partial charge in [-0.3, -0.25) is 4.79 Å². The monoisotopic (exact) mass is 248 g/mol. The van der Waals surface area contributed by atoms with Crippen LogP contribution in [0, 0.1) is 0 Å². The van der Waals surface area contributed by atoms with Crippen molar-refractivity contribution in [1.29, 1.82) is 0 Å². The van der Waals surface area contributed by atoms with Crippen molar-refractivity contribution in [2.24, 2.45) is 0 Å². The van der Waals surface area contributed by atoms with Crippen molar-refractivity contribution >= 4 is 5.91 Å². The van der Waals surface area contributed by atoms with E-state index in [-0.39, 0.29) is 5.91 Å². The van der Waals surface area contributed by atoms with Gasteiger partial charge in [0.25, 0.3) is 0 Å². The Kier molecular flexibility index (Phi) is 4.20. The highest BCUT2D eigenvalue weighted by Crippen LogP contribution is 2.14. The fraction of sp³-hybridized carbons (Fsp3) is 0.500. The summed E-state index contributed by atoms with van der Waals surface area (Å²) in [5, 5.41) is 3.34. The van der Waals surface area contributed by atoms with Crippen molar-refractivity contribution in [2.45, 2.75) is 19.4 Å². The van der Waals surface area contributed by atoms with E-state index in [1.165, 1.54) is 0 Å². The largest absolute Gasteiger partial charge is 0.497 e. The predicted molar refractivity (Wildman–Crippen MR) is 70.7 cm³/mol. The van der Waals surface area contributed by atoms with Crippen molar-refractivity contribution in [3.63, 3.8) is 0 Å². The smallest absolute Gasteiger partial charge is 0.227 e. The zero-order chi connectivity index (χ0) is 13.0. The van der Waals surface area contributed by atoms with E-state index in [1.54, 1.807) is 7.11 Å². The summed E-state index contributed by atoms with van der Waals surface area (Å²) in [4.78, 5) is 14.1. The quantitative estimate of drug-likeness (QED) is 0.869. The Balaban J connectivity index is 1.97. The second-order valence-corrected chi connectivity index (χ2v) is 4.72. The molecule has 1 fully saturated rings. The zero-order valence-corrected chi connectivity index (χ0v) is 11.0. The average molecular weight is 248 g/mol. The first-order chi connectivity index (χ1) is 8.69. The summed E-state index contributed by atoms with van der Waals surface area (Å²) in [5.41, 5.74) is 1.01. The van der Waals surface area contributed by atoms with Crippen LogP contribution in [0.3, 0.4) is 0 Å². The summed E-state index contributed by atoms with van der Waals surface area (Å²) in [7, 11) is 1.64. The minimum Gasteiger partial charge on any atom is -0.497 e. The van der Waals surface area contributed by atoms with E-state index >= 15 is 0 Å². The second kappa shape index (κ2) is 5.87. The number of hydrogen-bond acceptors (Lipinski definition) is 3. The summed E-state index contributed by atoms with van der Waals surface area (Å²) >= 11 is 0. The van der Waals surface area contributed by atoms with Crippen LogP contribution in [-0.4, -0.2) is 43.6 Å². The molecular weight excluding hydrogens is 228 g/mol. The molecule has 1 saturated heterocycles. The number of amides is 1. The molecule has 0 spiro atoms. The molecule has 0 bridgehead atoms. The van der Waals surface area contributed by atoms with E-state index in [0.717, 1.165) is 30.9 Å². The molecule has 4 nitrogen and oxygen atoms in total. The van der Waals surface area contributed by atoms with Gasteiger partial charge >= 0.3 is 0 Å². The van der Waals surface area contributed by atoms with Gasteiger partial charge in [0.05, 0.1) is 13.5 Å². The highest BCUT2D eigenvalue weighted by atomic mass is 16.5. The number of rotatable bonds is 3. The Labute approximate surface area is 108 Å². The van der Waals surface area contributed by atoms with Gasteiger partial charge in [-0.05, 0) is 24.6 Å². The van der Waals surface area contributed by atoms with Crippen molar-refractivity contribution in [1.82, 2.24) is 10.2 Å². The lowest BCUT2D eigenvalue weighted by molar-refractivity contribution is -0.131. The molecule has 98 valence electrons. The second-order valence-electron chi connectivity index (χ2n) is 4.72. The van der Waals surface area contributed by atoms with Crippen LogP contribution in [0.5, 0.6) is 5.75 Å². The molecule has 1 aliphatic heterocycles. The molecule has 18 heavy (non-hydrogen) atoms. The van der Waals surface area contributed by atoms with Crippen LogP contribution in [0.4, 0.5) is 0 Å². The van der Waals surface area contributed by atoms with Crippen molar-refractivity contribution in [2.75, 3.05) is 26.7 Å². The molecule has 1 aliphatic rings. The van der Waals surface area contributed by atoms with Crippen LogP contribution in [0.15, 0.2) is 24.3 Å². The third-order valence-electron chi connectivity index (χ3n) is 3.21. The summed E-state index contributed by atoms with van der Waals surface area (Å²) in [6.07, 6.45) is 0.448. The maximum atomic E-state index is 12.2. The van der Waals surface area contributed by atoms with Gasteiger partial charge in [-0.25, -0.2) is 0 Å². The zero-order valence-electron chi connectivity index (χ0n) is 11.0. The molecule has 1 heterocycles. The first-order valence-corrected chi connectivity index (χ1v) is 6.33. The van der Waals surface area contributed by atoms with Gasteiger partial charge in [0.15, 0.2) is 0 Å². The molecule has 1 atom stereocenters. The minimum absolute atomic E-state index is 0.191. The number of benzene rings is 1. The van der Waals surface area contributed by atoms with Gasteiger partial charge in [0, 0.05) is 25.7 Å². The molecule has 4 heteroatoms. The Hall–Kier alpha value is -1.55. The topological polar surface area (TPSA) is 41.6 Å². The molecule has 1 N–H and O–H groups in total. The van der Waals surface area contributed by atoms with E-state index in [1.807, 2.05) is 29.2 Å². The molecule has 0 saturated carbocycles. The molecule has 0 radical (unpaired) electrons. The number of nitrogens with one attached hydrogen (secondary N) is 1. The van der Waals surface area contributed by atoms with Crippen molar-refractivity contribution in [3.05, 3.63) is 29.8 Å². The predicted octanol–water partition coefficient (Wildman–Crippen LogP) is 1.06. The van der Waals surface area contributed by atoms with Crippen LogP contribution < -0.4 is 10.1 Å². The maximum absolute atomic E-state index is 12.2. The first-order valence-electron chi connectivity index (χ1n) is 6.33. The minimum atomic E-state index is 0.191. The third kappa shape index (κ3) is 3.23. The number of hydrogen-bond donors (Lipinski definition) is 1. The lowest BCUT2D eigenvalue weighted by Gasteiger charge is -2.32. The highest BCUT2D eigenvalue weighted by Gasteiger charge is 2.20. The first kappa shape index (κ1) is 12.9. The number of nitrogens with zero attached hydrogens (tertiary/aromatic N) is 1. The van der Waals surface area contributed by atoms with Crippen LogP contribution in [0.2, 0.25) is 0 Å². The standard InChI is InChI=1S/C14H20N2O2/c1-11-10-16(7-6-15-11)14(17)9-12-4-3-5-13(8-12)18-2/h3-5,8,11,15H,6-7,9-10H2,1-2H3/t11-/m1/s1. The SMILES string of the molecule is COc1cccc(CC(=O)N2CCN[C@H](C)C2)c1. The lowest BCUT2D eigenvalue weighted by Crippen LogP contribution is -2.51. The fourth-order valence-electron chi connectivity index (χ4n) is 2.23. The molecule has 1 aromatic carbocycles. The van der Waals surface area contributed by atoms with Crippen LogP contribution >= 0.6 is 0 Å². The molecule has 1 amide bonds. The van der Waals surface area contributed by atoms with Gasteiger partial charge in [0.1, 0.15) is 5.75 Å². The highest BCUT2D eigenvalue weighted by molar-refractivity contribution is 5.79. The fourth-order valence-corrected chi connectivity index (χ4v) is 2.23. The average Bonchev–Trinajstić information content (AvgIpc) is 2.39. The van der Waals surface area contributed by atoms with Crippen LogP contribution in [0.25, 0.3) is 0 Å². The van der Waals surface area contributed by atoms with Gasteiger partial charge < -0.3 is 15.0 Å². The van der Waals surface area contributed by atoms with Crippen LogP contribution in [0.1, 0.15) is 12.5 Å². The molecule has 0 aromatic heterocycles. The van der Waals surface area contributed by atoms with E-state index < -0.39 is 0 Å². The van der Waals surface area contributed by atoms with Gasteiger partial charge in [-0.15, -0.1) is 0 Å². The van der Waals surface area contributed by atoms with Gasteiger partial charge in [-0.2, -0.15) is 0 Å².